The molecule has 2 rings (SSSR count). The first-order chi connectivity index (χ1) is 9.81. The summed E-state index contributed by atoms with van der Waals surface area (Å²) in [7, 11) is 0. The van der Waals surface area contributed by atoms with E-state index in [2.05, 4.69) is 22.1 Å². The lowest BCUT2D eigenvalue weighted by molar-refractivity contribution is 0.0959. The number of benzene rings is 1. The molecule has 1 aromatic heterocycles. The number of hydrogen-bond acceptors (Lipinski definition) is 1. The Hall–Kier alpha value is -2.21. The van der Waals surface area contributed by atoms with Crippen molar-refractivity contribution >= 4 is 16.8 Å². The minimum atomic E-state index is -0.0918. The standard InChI is InChI=1S/C13H12N2O.2C2H6/c1-2-3-7-15-13(16)11-4-5-12-10(9-11)6-8-14-12;2*1-2/h4-6,8-9,14H,7H2,1H3,(H,15,16);2*1-2H3. The molecule has 0 aliphatic heterocycles. The molecule has 0 saturated carbocycles. The molecule has 0 fully saturated rings. The summed E-state index contributed by atoms with van der Waals surface area (Å²) >= 11 is 0. The van der Waals surface area contributed by atoms with Crippen LogP contribution in [0.4, 0.5) is 0 Å². The lowest BCUT2D eigenvalue weighted by Gasteiger charge is -2.01. The first-order valence-corrected chi connectivity index (χ1v) is 7.06. The van der Waals surface area contributed by atoms with Gasteiger partial charge < -0.3 is 10.3 Å². The van der Waals surface area contributed by atoms with E-state index in [1.807, 2.05) is 52.1 Å². The van der Waals surface area contributed by atoms with Crippen molar-refractivity contribution in [1.82, 2.24) is 10.3 Å². The molecule has 0 radical (unpaired) electrons. The van der Waals surface area contributed by atoms with Crippen molar-refractivity contribution in [1.29, 1.82) is 0 Å². The van der Waals surface area contributed by atoms with Gasteiger partial charge in [0.15, 0.2) is 0 Å². The van der Waals surface area contributed by atoms with Gasteiger partial charge in [-0.3, -0.25) is 4.79 Å². The number of hydrogen-bond donors (Lipinski definition) is 2. The summed E-state index contributed by atoms with van der Waals surface area (Å²) in [6.07, 6.45) is 1.86. The van der Waals surface area contributed by atoms with Crippen LogP contribution in [0.5, 0.6) is 0 Å². The number of aromatic amines is 1. The maximum absolute atomic E-state index is 11.7. The monoisotopic (exact) mass is 272 g/mol. The summed E-state index contributed by atoms with van der Waals surface area (Å²) in [6.45, 7) is 10.1. The molecule has 108 valence electrons. The van der Waals surface area contributed by atoms with Gasteiger partial charge in [0.2, 0.25) is 0 Å². The van der Waals surface area contributed by atoms with Crippen LogP contribution in [0.3, 0.4) is 0 Å². The first kappa shape index (κ1) is 17.8. The second-order valence-corrected chi connectivity index (χ2v) is 3.39. The summed E-state index contributed by atoms with van der Waals surface area (Å²) in [5.41, 5.74) is 1.69. The van der Waals surface area contributed by atoms with Gasteiger partial charge in [-0.05, 0) is 31.2 Å². The Morgan fingerprint density at radius 3 is 2.55 bits per heavy atom. The van der Waals surface area contributed by atoms with Crippen LogP contribution in [0.1, 0.15) is 45.0 Å². The van der Waals surface area contributed by atoms with Crippen LogP contribution >= 0.6 is 0 Å². The second-order valence-electron chi connectivity index (χ2n) is 3.39. The lowest BCUT2D eigenvalue weighted by atomic mass is 10.1. The molecule has 1 aromatic carbocycles. The zero-order valence-corrected chi connectivity index (χ0v) is 13.0. The van der Waals surface area contributed by atoms with E-state index in [4.69, 9.17) is 0 Å². The molecule has 2 aromatic rings. The number of rotatable bonds is 2. The molecule has 2 N–H and O–H groups in total. The van der Waals surface area contributed by atoms with Gasteiger partial charge in [0.05, 0.1) is 6.54 Å². The van der Waals surface area contributed by atoms with Crippen molar-refractivity contribution in [3.63, 3.8) is 0 Å². The molecule has 3 nitrogen and oxygen atoms in total. The Morgan fingerprint density at radius 1 is 1.20 bits per heavy atom. The van der Waals surface area contributed by atoms with Crippen LogP contribution < -0.4 is 5.32 Å². The number of H-pyrrole nitrogens is 1. The second kappa shape index (κ2) is 10.7. The van der Waals surface area contributed by atoms with Crippen LogP contribution in [-0.4, -0.2) is 17.4 Å². The van der Waals surface area contributed by atoms with Gasteiger partial charge in [-0.25, -0.2) is 0 Å². The average Bonchev–Trinajstić information content (AvgIpc) is 2.99. The van der Waals surface area contributed by atoms with E-state index in [0.29, 0.717) is 12.1 Å². The van der Waals surface area contributed by atoms with E-state index in [9.17, 15) is 4.79 Å². The zero-order chi connectivity index (χ0) is 15.4. The van der Waals surface area contributed by atoms with E-state index in [1.54, 1.807) is 13.0 Å². The molecule has 20 heavy (non-hydrogen) atoms. The topological polar surface area (TPSA) is 44.9 Å². The third kappa shape index (κ3) is 5.19. The normalized spacial score (nSPS) is 8.25. The fourth-order valence-electron chi connectivity index (χ4n) is 1.51. The van der Waals surface area contributed by atoms with Crippen molar-refractivity contribution in [3.8, 4) is 11.8 Å². The molecule has 1 heterocycles. The van der Waals surface area contributed by atoms with E-state index in [-0.39, 0.29) is 5.91 Å². The zero-order valence-electron chi connectivity index (χ0n) is 13.0. The number of fused-ring (bicyclic) bond motifs is 1. The molecule has 0 aliphatic rings. The summed E-state index contributed by atoms with van der Waals surface area (Å²) in [5, 5.41) is 3.77. The molecule has 0 aliphatic carbocycles. The van der Waals surface area contributed by atoms with Crippen LogP contribution in [0.15, 0.2) is 30.5 Å². The van der Waals surface area contributed by atoms with Crippen molar-refractivity contribution < 1.29 is 4.79 Å². The predicted molar refractivity (Wildman–Crippen MR) is 86.8 cm³/mol. The molecular formula is C17H24N2O. The summed E-state index contributed by atoms with van der Waals surface area (Å²) in [6, 6.07) is 7.50. The third-order valence-corrected chi connectivity index (χ3v) is 2.33. The van der Waals surface area contributed by atoms with Gasteiger partial charge in [-0.2, -0.15) is 0 Å². The number of nitrogens with one attached hydrogen (secondary N) is 2. The highest BCUT2D eigenvalue weighted by Crippen LogP contribution is 2.13. The quantitative estimate of drug-likeness (QED) is 0.798. The average molecular weight is 272 g/mol. The minimum Gasteiger partial charge on any atom is -0.361 e. The fraction of sp³-hybridized carbons (Fsp3) is 0.353. The number of amides is 1. The van der Waals surface area contributed by atoms with E-state index in [0.717, 1.165) is 10.9 Å². The van der Waals surface area contributed by atoms with Crippen molar-refractivity contribution in [2.45, 2.75) is 34.6 Å². The molecule has 3 heteroatoms. The van der Waals surface area contributed by atoms with Crippen molar-refractivity contribution in [2.24, 2.45) is 0 Å². The fourth-order valence-corrected chi connectivity index (χ4v) is 1.51. The molecular weight excluding hydrogens is 248 g/mol. The van der Waals surface area contributed by atoms with E-state index in [1.165, 1.54) is 0 Å². The molecule has 1 amide bonds. The van der Waals surface area contributed by atoms with Gasteiger partial charge in [0.25, 0.3) is 5.91 Å². The Labute approximate surface area is 121 Å². The number of carbonyl (C=O) groups excluding carboxylic acids is 1. The minimum absolute atomic E-state index is 0.0918. The van der Waals surface area contributed by atoms with Gasteiger partial charge in [0, 0.05) is 22.7 Å². The van der Waals surface area contributed by atoms with Gasteiger partial charge in [-0.1, -0.05) is 33.6 Å². The van der Waals surface area contributed by atoms with Crippen LogP contribution in [0, 0.1) is 11.8 Å². The lowest BCUT2D eigenvalue weighted by Crippen LogP contribution is -2.23. The first-order valence-electron chi connectivity index (χ1n) is 7.06. The summed E-state index contributed by atoms with van der Waals surface area (Å²) < 4.78 is 0. The third-order valence-electron chi connectivity index (χ3n) is 2.33. The molecule has 0 saturated heterocycles. The SMILES string of the molecule is CC.CC.CC#CCNC(=O)c1ccc2[nH]ccc2c1. The van der Waals surface area contributed by atoms with E-state index < -0.39 is 0 Å². The molecule has 0 atom stereocenters. The highest BCUT2D eigenvalue weighted by atomic mass is 16.1. The number of aromatic nitrogens is 1. The predicted octanol–water partition coefficient (Wildman–Crippen LogP) is 3.97. The van der Waals surface area contributed by atoms with Crippen LogP contribution in [-0.2, 0) is 0 Å². The smallest absolute Gasteiger partial charge is 0.252 e. The highest BCUT2D eigenvalue weighted by Gasteiger charge is 2.04. The summed E-state index contributed by atoms with van der Waals surface area (Å²) in [5.74, 6) is 5.43. The Morgan fingerprint density at radius 2 is 1.90 bits per heavy atom. The Balaban J connectivity index is 0.000000829. The number of carbonyl (C=O) groups is 1. The van der Waals surface area contributed by atoms with Crippen LogP contribution in [0.2, 0.25) is 0 Å². The summed E-state index contributed by atoms with van der Waals surface area (Å²) in [4.78, 5) is 14.8. The Bertz CT molecular complexity index is 573. The maximum atomic E-state index is 11.7. The maximum Gasteiger partial charge on any atom is 0.252 e. The Kier molecular flexibility index (Phi) is 9.51. The van der Waals surface area contributed by atoms with E-state index >= 15 is 0 Å². The largest absolute Gasteiger partial charge is 0.361 e. The highest BCUT2D eigenvalue weighted by molar-refractivity contribution is 5.98. The van der Waals surface area contributed by atoms with Gasteiger partial charge >= 0.3 is 0 Å². The van der Waals surface area contributed by atoms with Gasteiger partial charge in [-0.15, -0.1) is 5.92 Å². The molecule has 0 spiro atoms. The van der Waals surface area contributed by atoms with Gasteiger partial charge in [0.1, 0.15) is 0 Å². The van der Waals surface area contributed by atoms with Crippen molar-refractivity contribution in [2.75, 3.05) is 6.54 Å². The molecule has 0 bridgehead atoms. The van der Waals surface area contributed by atoms with Crippen molar-refractivity contribution in [3.05, 3.63) is 36.0 Å². The molecule has 0 unspecified atom stereocenters. The van der Waals surface area contributed by atoms with Crippen LogP contribution in [0.25, 0.3) is 10.9 Å².